The van der Waals surface area contributed by atoms with Gasteiger partial charge in [-0.2, -0.15) is 0 Å². The van der Waals surface area contributed by atoms with E-state index >= 15 is 0 Å². The minimum atomic E-state index is -0.153. The molecule has 0 radical (unpaired) electrons. The maximum atomic E-state index is 11.2. The predicted octanol–water partition coefficient (Wildman–Crippen LogP) is 0.0558. The molecule has 0 aromatic heterocycles. The van der Waals surface area contributed by atoms with Crippen LogP contribution >= 0.6 is 0 Å². The molecule has 4 heteroatoms. The molecule has 0 spiro atoms. The van der Waals surface area contributed by atoms with Gasteiger partial charge in [0.1, 0.15) is 5.70 Å². The van der Waals surface area contributed by atoms with E-state index in [9.17, 15) is 4.79 Å². The Balaban J connectivity index is 4.77. The van der Waals surface area contributed by atoms with Crippen LogP contribution in [0.3, 0.4) is 0 Å². The van der Waals surface area contributed by atoms with Gasteiger partial charge in [-0.1, -0.05) is 0 Å². The average molecular weight is 169 g/mol. The van der Waals surface area contributed by atoms with E-state index < -0.39 is 0 Å². The van der Waals surface area contributed by atoms with Gasteiger partial charge in [0.15, 0.2) is 5.78 Å². The summed E-state index contributed by atoms with van der Waals surface area (Å²) in [5.41, 5.74) is 6.35. The van der Waals surface area contributed by atoms with Crippen molar-refractivity contribution in [2.45, 2.75) is 13.8 Å². The number of Topliss-reactive ketones (excluding diaryl/α,β-unsaturated/α-hetero) is 1. The molecule has 0 aliphatic rings. The van der Waals surface area contributed by atoms with Crippen molar-refractivity contribution in [1.82, 2.24) is 5.32 Å². The first-order chi connectivity index (χ1) is 5.67. The third-order valence-electron chi connectivity index (χ3n) is 1.44. The van der Waals surface area contributed by atoms with Gasteiger partial charge in [-0.05, 0) is 13.8 Å². The highest BCUT2D eigenvalue weighted by atomic mass is 16.1. The summed E-state index contributed by atoms with van der Waals surface area (Å²) in [7, 11) is 1.74. The number of rotatable bonds is 4. The molecular formula is C8H15N3O. The smallest absolute Gasteiger partial charge is 0.196 e. The van der Waals surface area contributed by atoms with Gasteiger partial charge >= 0.3 is 0 Å². The van der Waals surface area contributed by atoms with E-state index in [1.165, 1.54) is 0 Å². The Kier molecular flexibility index (Phi) is 4.96. The number of nitrogens with two attached hydrogens (primary N) is 1. The molecule has 0 saturated heterocycles. The molecule has 0 aromatic carbocycles. The van der Waals surface area contributed by atoms with Gasteiger partial charge in [0.05, 0.1) is 6.54 Å². The number of allylic oxidation sites excluding steroid dienone is 1. The summed E-state index contributed by atoms with van der Waals surface area (Å²) in [4.78, 5) is 15.1. The maximum absolute atomic E-state index is 11.2. The van der Waals surface area contributed by atoms with Crippen molar-refractivity contribution in [2.24, 2.45) is 10.7 Å². The highest BCUT2D eigenvalue weighted by Crippen LogP contribution is 2.02. The number of aliphatic imine (C=N–C) groups is 1. The molecule has 12 heavy (non-hydrogen) atoms. The summed E-state index contributed by atoms with van der Waals surface area (Å²) in [5.74, 6) is -0.153. The number of hydrogen-bond acceptors (Lipinski definition) is 4. The summed E-state index contributed by atoms with van der Waals surface area (Å²) in [6, 6.07) is 0. The molecule has 0 amide bonds. The fourth-order valence-electron chi connectivity index (χ4n) is 0.722. The molecule has 4 nitrogen and oxygen atoms in total. The summed E-state index contributed by atoms with van der Waals surface area (Å²) >= 11 is 0. The average Bonchev–Trinajstić information content (AvgIpc) is 2.11. The van der Waals surface area contributed by atoms with Gasteiger partial charge in [-0.25, -0.2) is 0 Å². The van der Waals surface area contributed by atoms with E-state index in [4.69, 9.17) is 5.73 Å². The largest absolute Gasteiger partial charge is 0.390 e. The van der Waals surface area contributed by atoms with Crippen molar-refractivity contribution < 1.29 is 4.79 Å². The molecule has 0 aromatic rings. The number of nitrogens with zero attached hydrogens (tertiary/aromatic N) is 1. The zero-order valence-corrected chi connectivity index (χ0v) is 7.72. The highest BCUT2D eigenvalue weighted by Gasteiger charge is 2.07. The lowest BCUT2D eigenvalue weighted by molar-refractivity contribution is -0.114. The standard InChI is InChI=1S/C8H15N3O/c1-4-11-8(6(2)10-3)7(12)5-9/h4,10H,5,9H2,1-3H3/b8-6-,11-4?. The van der Waals surface area contributed by atoms with Gasteiger partial charge in [0, 0.05) is 19.0 Å². The molecule has 0 atom stereocenters. The number of hydrogen-bond donors (Lipinski definition) is 2. The molecule has 68 valence electrons. The Morgan fingerprint density at radius 1 is 1.67 bits per heavy atom. The second-order valence-electron chi connectivity index (χ2n) is 2.24. The van der Waals surface area contributed by atoms with Gasteiger partial charge in [-0.15, -0.1) is 0 Å². The lowest BCUT2D eigenvalue weighted by Crippen LogP contribution is -2.19. The lowest BCUT2D eigenvalue weighted by Gasteiger charge is -2.04. The maximum Gasteiger partial charge on any atom is 0.196 e. The van der Waals surface area contributed by atoms with E-state index in [0.29, 0.717) is 5.70 Å². The first-order valence-electron chi connectivity index (χ1n) is 3.78. The zero-order valence-electron chi connectivity index (χ0n) is 7.72. The molecule has 0 aliphatic carbocycles. The van der Waals surface area contributed by atoms with Crippen LogP contribution in [0.25, 0.3) is 0 Å². The van der Waals surface area contributed by atoms with E-state index in [0.717, 1.165) is 5.70 Å². The third-order valence-corrected chi connectivity index (χ3v) is 1.44. The molecule has 0 heterocycles. The van der Waals surface area contributed by atoms with E-state index in [2.05, 4.69) is 10.3 Å². The molecule has 3 N–H and O–H groups in total. The van der Waals surface area contributed by atoms with Gasteiger partial charge < -0.3 is 11.1 Å². The summed E-state index contributed by atoms with van der Waals surface area (Å²) < 4.78 is 0. The third kappa shape index (κ3) is 2.84. The van der Waals surface area contributed by atoms with Gasteiger partial charge in [0.2, 0.25) is 0 Å². The summed E-state index contributed by atoms with van der Waals surface area (Å²) in [5, 5.41) is 2.85. The van der Waals surface area contributed by atoms with Crippen LogP contribution in [0.15, 0.2) is 16.4 Å². The topological polar surface area (TPSA) is 67.5 Å². The Morgan fingerprint density at radius 3 is 2.58 bits per heavy atom. The quantitative estimate of drug-likeness (QED) is 0.462. The van der Waals surface area contributed by atoms with Gasteiger partial charge in [0.25, 0.3) is 0 Å². The number of carbonyl (C=O) groups is 1. The minimum absolute atomic E-state index is 0.00824. The molecule has 0 saturated carbocycles. The van der Waals surface area contributed by atoms with E-state index in [-0.39, 0.29) is 12.3 Å². The van der Waals surface area contributed by atoms with Crippen LogP contribution in [0, 0.1) is 0 Å². The van der Waals surface area contributed by atoms with Crippen LogP contribution in [0.5, 0.6) is 0 Å². The molecule has 0 fully saturated rings. The van der Waals surface area contributed by atoms with Crippen LogP contribution in [-0.4, -0.2) is 25.6 Å². The Hall–Kier alpha value is -1.16. The number of ketones is 1. The summed E-state index contributed by atoms with van der Waals surface area (Å²) in [6.07, 6.45) is 1.57. The monoisotopic (exact) mass is 169 g/mol. The second-order valence-corrected chi connectivity index (χ2v) is 2.24. The Bertz CT molecular complexity index is 218. The summed E-state index contributed by atoms with van der Waals surface area (Å²) in [6.45, 7) is 3.54. The van der Waals surface area contributed by atoms with Crippen molar-refractivity contribution in [2.75, 3.05) is 13.6 Å². The normalized spacial score (nSPS) is 13.0. The number of nitrogens with one attached hydrogen (secondary N) is 1. The molecule has 0 unspecified atom stereocenters. The lowest BCUT2D eigenvalue weighted by atomic mass is 10.2. The van der Waals surface area contributed by atoms with Crippen LogP contribution in [0.2, 0.25) is 0 Å². The molecule has 0 rings (SSSR count). The van der Waals surface area contributed by atoms with Crippen molar-refractivity contribution in [3.63, 3.8) is 0 Å². The molecular weight excluding hydrogens is 154 g/mol. The predicted molar refractivity (Wildman–Crippen MR) is 50.0 cm³/mol. The van der Waals surface area contributed by atoms with E-state index in [1.54, 1.807) is 27.1 Å². The Labute approximate surface area is 72.6 Å². The first-order valence-corrected chi connectivity index (χ1v) is 3.78. The van der Waals surface area contributed by atoms with Crippen molar-refractivity contribution >= 4 is 12.0 Å². The molecule has 0 bridgehead atoms. The second kappa shape index (κ2) is 5.49. The highest BCUT2D eigenvalue weighted by molar-refractivity contribution is 5.98. The Morgan fingerprint density at radius 2 is 2.25 bits per heavy atom. The zero-order chi connectivity index (χ0) is 9.56. The number of carbonyl (C=O) groups excluding carboxylic acids is 1. The van der Waals surface area contributed by atoms with Crippen molar-refractivity contribution in [1.29, 1.82) is 0 Å². The van der Waals surface area contributed by atoms with Crippen molar-refractivity contribution in [3.8, 4) is 0 Å². The SMILES string of the molecule is CC=N/C(C(=O)CN)=C(/C)NC. The van der Waals surface area contributed by atoms with E-state index in [1.807, 2.05) is 0 Å². The van der Waals surface area contributed by atoms with Crippen LogP contribution in [0.1, 0.15) is 13.8 Å². The molecule has 0 aliphatic heterocycles. The first kappa shape index (κ1) is 10.8. The van der Waals surface area contributed by atoms with Crippen molar-refractivity contribution in [3.05, 3.63) is 11.4 Å². The minimum Gasteiger partial charge on any atom is -0.390 e. The fourth-order valence-corrected chi connectivity index (χ4v) is 0.722. The van der Waals surface area contributed by atoms with Gasteiger partial charge in [-0.3, -0.25) is 9.79 Å². The van der Waals surface area contributed by atoms with Crippen LogP contribution < -0.4 is 11.1 Å². The van der Waals surface area contributed by atoms with Crippen LogP contribution in [0.4, 0.5) is 0 Å². The van der Waals surface area contributed by atoms with Crippen LogP contribution in [-0.2, 0) is 4.79 Å². The fraction of sp³-hybridized carbons (Fsp3) is 0.500.